The number of carboxylic acids is 2. The monoisotopic (exact) mass is 356 g/mol. The predicted octanol–water partition coefficient (Wildman–Crippen LogP) is 4.99. The summed E-state index contributed by atoms with van der Waals surface area (Å²) in [6, 6.07) is 0. The molecule has 0 radical (unpaired) electrons. The quantitative estimate of drug-likeness (QED) is 0.339. The first-order valence-corrected chi connectivity index (χ1v) is 8.98. The Morgan fingerprint density at radius 3 is 1.09 bits per heavy atom. The fourth-order valence-electron chi connectivity index (χ4n) is 2.11. The first-order chi connectivity index (χ1) is 10.5. The van der Waals surface area contributed by atoms with Crippen LogP contribution in [-0.4, -0.2) is 73.5 Å². The second-order valence-corrected chi connectivity index (χ2v) is 5.82. The molecule has 0 aromatic rings. The number of carboxylic acid groups (broad SMARTS) is 2. The molecule has 0 unspecified atom stereocenters. The molecular formula is C18H37KO4. The fourth-order valence-corrected chi connectivity index (χ4v) is 2.11. The van der Waals surface area contributed by atoms with E-state index in [0.29, 0.717) is 12.8 Å². The van der Waals surface area contributed by atoms with Crippen molar-refractivity contribution < 1.29 is 19.8 Å². The molecule has 0 aliphatic heterocycles. The van der Waals surface area contributed by atoms with E-state index >= 15 is 0 Å². The van der Waals surface area contributed by atoms with Crippen molar-refractivity contribution in [2.45, 2.75) is 104 Å². The molecule has 0 spiro atoms. The van der Waals surface area contributed by atoms with Crippen LogP contribution >= 0.6 is 0 Å². The van der Waals surface area contributed by atoms with Crippen LogP contribution in [0.15, 0.2) is 0 Å². The summed E-state index contributed by atoms with van der Waals surface area (Å²) < 4.78 is 0. The molecule has 0 atom stereocenters. The Morgan fingerprint density at radius 2 is 0.826 bits per heavy atom. The Balaban J connectivity index is -0.000000338. The van der Waals surface area contributed by atoms with E-state index in [-0.39, 0.29) is 51.4 Å². The Morgan fingerprint density at radius 1 is 0.565 bits per heavy atom. The van der Waals surface area contributed by atoms with Gasteiger partial charge in [-0.1, -0.05) is 78.1 Å². The molecule has 0 heterocycles. The molecule has 0 fully saturated rings. The Bertz CT molecular complexity index is 257. The van der Waals surface area contributed by atoms with Crippen LogP contribution in [0, 0.1) is 0 Å². The van der Waals surface area contributed by atoms with Gasteiger partial charge in [0.1, 0.15) is 0 Å². The standard InChI is InChI=1S/C10H20O2.C8H16O2.K.H/c1-2-3-4-5-6-7-8-9-10(11)12;1-2-3-4-5-6-7-8(9)10;;/h2-9H2,1H3,(H,11,12);2-7H2,1H3,(H,9,10);;. The van der Waals surface area contributed by atoms with E-state index in [1.165, 1.54) is 51.4 Å². The van der Waals surface area contributed by atoms with Crippen molar-refractivity contribution in [2.24, 2.45) is 0 Å². The molecule has 134 valence electrons. The molecule has 0 aromatic heterocycles. The van der Waals surface area contributed by atoms with Crippen molar-refractivity contribution in [1.29, 1.82) is 0 Å². The molecule has 0 bridgehead atoms. The van der Waals surface area contributed by atoms with Crippen molar-refractivity contribution in [3.05, 3.63) is 0 Å². The van der Waals surface area contributed by atoms with Crippen molar-refractivity contribution >= 4 is 63.3 Å². The van der Waals surface area contributed by atoms with Crippen LogP contribution in [-0.2, 0) is 9.59 Å². The average Bonchev–Trinajstić information content (AvgIpc) is 2.46. The third-order valence-electron chi connectivity index (χ3n) is 3.49. The zero-order valence-corrected chi connectivity index (χ0v) is 14.6. The summed E-state index contributed by atoms with van der Waals surface area (Å²) >= 11 is 0. The van der Waals surface area contributed by atoms with E-state index in [1.54, 1.807) is 0 Å². The average molecular weight is 357 g/mol. The molecule has 4 nitrogen and oxygen atoms in total. The first kappa shape index (κ1) is 28.4. The van der Waals surface area contributed by atoms with E-state index in [9.17, 15) is 9.59 Å². The second-order valence-electron chi connectivity index (χ2n) is 5.82. The van der Waals surface area contributed by atoms with Gasteiger partial charge in [-0.25, -0.2) is 0 Å². The summed E-state index contributed by atoms with van der Waals surface area (Å²) in [6.07, 6.45) is 14.5. The minimum absolute atomic E-state index is 0. The maximum absolute atomic E-state index is 10.1. The van der Waals surface area contributed by atoms with Gasteiger partial charge in [0.05, 0.1) is 0 Å². The van der Waals surface area contributed by atoms with Crippen LogP contribution in [0.25, 0.3) is 0 Å². The van der Waals surface area contributed by atoms with Gasteiger partial charge in [0.15, 0.2) is 0 Å². The molecule has 2 N–H and O–H groups in total. The van der Waals surface area contributed by atoms with Gasteiger partial charge < -0.3 is 10.2 Å². The molecule has 23 heavy (non-hydrogen) atoms. The van der Waals surface area contributed by atoms with Gasteiger partial charge in [-0.2, -0.15) is 0 Å². The van der Waals surface area contributed by atoms with E-state index in [0.717, 1.165) is 25.7 Å². The third kappa shape index (κ3) is 34.8. The summed E-state index contributed by atoms with van der Waals surface area (Å²) in [5.74, 6) is -1.33. The summed E-state index contributed by atoms with van der Waals surface area (Å²) in [7, 11) is 0. The zero-order valence-electron chi connectivity index (χ0n) is 14.6. The summed E-state index contributed by atoms with van der Waals surface area (Å²) in [6.45, 7) is 4.35. The summed E-state index contributed by atoms with van der Waals surface area (Å²) in [4.78, 5) is 20.2. The molecule has 0 aliphatic carbocycles. The third-order valence-corrected chi connectivity index (χ3v) is 3.49. The normalized spacial score (nSPS) is 9.48. The van der Waals surface area contributed by atoms with Crippen molar-refractivity contribution in [3.8, 4) is 0 Å². The topological polar surface area (TPSA) is 74.6 Å². The van der Waals surface area contributed by atoms with E-state index < -0.39 is 11.9 Å². The van der Waals surface area contributed by atoms with Crippen LogP contribution in [0.4, 0.5) is 0 Å². The number of carbonyl (C=O) groups is 2. The number of unbranched alkanes of at least 4 members (excludes halogenated alkanes) is 10. The number of rotatable bonds is 14. The van der Waals surface area contributed by atoms with Crippen LogP contribution < -0.4 is 0 Å². The molecule has 0 saturated carbocycles. The molecular weight excluding hydrogens is 319 g/mol. The minimum atomic E-state index is -0.670. The summed E-state index contributed by atoms with van der Waals surface area (Å²) in [5, 5.41) is 16.6. The molecule has 5 heteroatoms. The van der Waals surface area contributed by atoms with Gasteiger partial charge in [-0.15, -0.1) is 0 Å². The Hall–Kier alpha value is 0.576. The van der Waals surface area contributed by atoms with E-state index in [1.807, 2.05) is 0 Å². The summed E-state index contributed by atoms with van der Waals surface area (Å²) in [5.41, 5.74) is 0. The van der Waals surface area contributed by atoms with Crippen LogP contribution in [0.1, 0.15) is 104 Å². The van der Waals surface area contributed by atoms with Crippen molar-refractivity contribution in [2.75, 3.05) is 0 Å². The zero-order chi connectivity index (χ0) is 17.1. The van der Waals surface area contributed by atoms with Gasteiger partial charge >= 0.3 is 63.3 Å². The Labute approximate surface area is 185 Å². The van der Waals surface area contributed by atoms with Gasteiger partial charge in [0.25, 0.3) is 0 Å². The Kier molecular flexibility index (Phi) is 30.6. The van der Waals surface area contributed by atoms with Crippen LogP contribution in [0.5, 0.6) is 0 Å². The fraction of sp³-hybridized carbons (Fsp3) is 0.889. The number of aliphatic carboxylic acids is 2. The van der Waals surface area contributed by atoms with Crippen molar-refractivity contribution in [1.82, 2.24) is 0 Å². The maximum atomic E-state index is 10.1. The molecule has 0 amide bonds. The first-order valence-electron chi connectivity index (χ1n) is 8.98. The molecule has 0 aliphatic rings. The van der Waals surface area contributed by atoms with Crippen LogP contribution in [0.3, 0.4) is 0 Å². The second kappa shape index (κ2) is 24.8. The number of hydrogen-bond donors (Lipinski definition) is 2. The molecule has 0 aromatic carbocycles. The van der Waals surface area contributed by atoms with Crippen molar-refractivity contribution in [3.63, 3.8) is 0 Å². The molecule has 0 saturated heterocycles. The number of hydrogen-bond acceptors (Lipinski definition) is 2. The molecule has 0 rings (SSSR count). The SMILES string of the molecule is CCCCCCCC(=O)O.CCCCCCCCCC(=O)O.[KH]. The van der Waals surface area contributed by atoms with Gasteiger partial charge in [0.2, 0.25) is 0 Å². The van der Waals surface area contributed by atoms with Gasteiger partial charge in [-0.3, -0.25) is 9.59 Å². The predicted molar refractivity (Wildman–Crippen MR) is 98.4 cm³/mol. The van der Waals surface area contributed by atoms with Gasteiger partial charge in [-0.05, 0) is 12.8 Å². The van der Waals surface area contributed by atoms with E-state index in [4.69, 9.17) is 10.2 Å². The van der Waals surface area contributed by atoms with E-state index in [2.05, 4.69) is 13.8 Å². The van der Waals surface area contributed by atoms with Crippen LogP contribution in [0.2, 0.25) is 0 Å². The van der Waals surface area contributed by atoms with Gasteiger partial charge in [0, 0.05) is 12.8 Å².